The third-order valence-corrected chi connectivity index (χ3v) is 8.72. The topological polar surface area (TPSA) is 70.6 Å². The summed E-state index contributed by atoms with van der Waals surface area (Å²) < 4.78 is 27.5. The number of thiazole rings is 1. The van der Waals surface area contributed by atoms with Gasteiger partial charge in [-0.3, -0.25) is 4.79 Å². The Bertz CT molecular complexity index is 1230. The first-order valence-electron chi connectivity index (χ1n) is 10.6. The molecule has 6 nitrogen and oxygen atoms in total. The van der Waals surface area contributed by atoms with Crippen LogP contribution in [0.4, 0.5) is 0 Å². The Morgan fingerprint density at radius 2 is 1.66 bits per heavy atom. The predicted octanol–water partition coefficient (Wildman–Crippen LogP) is 3.81. The summed E-state index contributed by atoms with van der Waals surface area (Å²) in [4.78, 5) is 19.5. The summed E-state index contributed by atoms with van der Waals surface area (Å²) in [7, 11) is -3.56. The quantitative estimate of drug-likeness (QED) is 0.570. The Kier molecular flexibility index (Phi) is 6.46. The predicted molar refractivity (Wildman–Crippen MR) is 127 cm³/mol. The van der Waals surface area contributed by atoms with E-state index in [1.165, 1.54) is 21.2 Å². The second-order valence-corrected chi connectivity index (χ2v) is 11.0. The lowest BCUT2D eigenvalue weighted by atomic mass is 10.1. The molecular weight excluding hydrogens is 442 g/mol. The number of sulfonamides is 1. The number of benzene rings is 2. The van der Waals surface area contributed by atoms with Gasteiger partial charge in [-0.05, 0) is 44.0 Å². The van der Waals surface area contributed by atoms with Crippen molar-refractivity contribution >= 4 is 27.3 Å². The van der Waals surface area contributed by atoms with E-state index in [1.54, 1.807) is 17.0 Å². The maximum absolute atomic E-state index is 13.0. The van der Waals surface area contributed by atoms with Crippen LogP contribution in [0.25, 0.3) is 10.6 Å². The van der Waals surface area contributed by atoms with Crippen molar-refractivity contribution in [3.63, 3.8) is 0 Å². The first kappa shape index (κ1) is 22.6. The van der Waals surface area contributed by atoms with Gasteiger partial charge < -0.3 is 4.90 Å². The second-order valence-electron chi connectivity index (χ2n) is 8.22. The van der Waals surface area contributed by atoms with E-state index >= 15 is 0 Å². The third kappa shape index (κ3) is 4.77. The Morgan fingerprint density at radius 1 is 0.969 bits per heavy atom. The summed E-state index contributed by atoms with van der Waals surface area (Å²) in [5.74, 6) is -0.0195. The highest BCUT2D eigenvalue weighted by molar-refractivity contribution is 7.89. The maximum Gasteiger partial charge on any atom is 0.243 e. The average molecular weight is 470 g/mol. The van der Waals surface area contributed by atoms with Gasteiger partial charge in [-0.15, -0.1) is 11.3 Å². The van der Waals surface area contributed by atoms with Crippen molar-refractivity contribution < 1.29 is 13.2 Å². The van der Waals surface area contributed by atoms with Crippen LogP contribution < -0.4 is 0 Å². The van der Waals surface area contributed by atoms with Crippen molar-refractivity contribution in [2.45, 2.75) is 32.1 Å². The number of carbonyl (C=O) groups excluding carboxylic acids is 1. The second kappa shape index (κ2) is 9.13. The highest BCUT2D eigenvalue weighted by Gasteiger charge is 2.30. The SMILES string of the molecule is Cc1ccc(-c2nc(CC(=O)N3CCN(S(=O)(=O)c4ccc(C)c(C)c4)CC3)cs2)cc1. The van der Waals surface area contributed by atoms with Gasteiger partial charge in [0.15, 0.2) is 0 Å². The van der Waals surface area contributed by atoms with Gasteiger partial charge in [0.25, 0.3) is 0 Å². The van der Waals surface area contributed by atoms with Crippen LogP contribution in [0.5, 0.6) is 0 Å². The minimum atomic E-state index is -3.56. The summed E-state index contributed by atoms with van der Waals surface area (Å²) in [6.07, 6.45) is 0.228. The van der Waals surface area contributed by atoms with Crippen LogP contribution in [0.3, 0.4) is 0 Å². The normalized spacial score (nSPS) is 15.2. The molecule has 0 saturated carbocycles. The van der Waals surface area contributed by atoms with Crippen LogP contribution >= 0.6 is 11.3 Å². The zero-order chi connectivity index (χ0) is 22.9. The van der Waals surface area contributed by atoms with Crippen LogP contribution in [0.2, 0.25) is 0 Å². The van der Waals surface area contributed by atoms with Gasteiger partial charge in [0.1, 0.15) is 5.01 Å². The van der Waals surface area contributed by atoms with E-state index in [0.717, 1.165) is 27.4 Å². The van der Waals surface area contributed by atoms with Crippen molar-refractivity contribution in [1.82, 2.24) is 14.2 Å². The zero-order valence-corrected chi connectivity index (χ0v) is 20.2. The highest BCUT2D eigenvalue weighted by atomic mass is 32.2. The molecule has 0 bridgehead atoms. The lowest BCUT2D eigenvalue weighted by Crippen LogP contribution is -2.50. The Balaban J connectivity index is 1.36. The smallest absolute Gasteiger partial charge is 0.243 e. The average Bonchev–Trinajstić information content (AvgIpc) is 3.24. The van der Waals surface area contributed by atoms with Gasteiger partial charge in [-0.1, -0.05) is 35.9 Å². The molecule has 0 atom stereocenters. The number of aryl methyl sites for hydroxylation is 3. The van der Waals surface area contributed by atoms with E-state index < -0.39 is 10.0 Å². The maximum atomic E-state index is 13.0. The fourth-order valence-electron chi connectivity index (χ4n) is 3.68. The summed E-state index contributed by atoms with van der Waals surface area (Å²) in [6, 6.07) is 13.4. The van der Waals surface area contributed by atoms with Gasteiger partial charge in [-0.25, -0.2) is 13.4 Å². The molecule has 4 rings (SSSR count). The van der Waals surface area contributed by atoms with E-state index in [0.29, 0.717) is 31.1 Å². The molecule has 0 unspecified atom stereocenters. The van der Waals surface area contributed by atoms with Crippen LogP contribution in [-0.4, -0.2) is 54.7 Å². The molecule has 3 aromatic rings. The number of nitrogens with zero attached hydrogens (tertiary/aromatic N) is 3. The molecule has 0 aliphatic carbocycles. The van der Waals surface area contributed by atoms with E-state index in [-0.39, 0.29) is 12.3 Å². The molecule has 1 fully saturated rings. The highest BCUT2D eigenvalue weighted by Crippen LogP contribution is 2.25. The minimum Gasteiger partial charge on any atom is -0.340 e. The molecule has 0 N–H and O–H groups in total. The standard InChI is InChI=1S/C24H27N3O3S2/c1-17-4-7-20(8-5-17)24-25-21(16-31-24)15-23(28)26-10-12-27(13-11-26)32(29,30)22-9-6-18(2)19(3)14-22/h4-9,14,16H,10-13,15H2,1-3H3. The van der Waals surface area contributed by atoms with Crippen molar-refractivity contribution in [3.05, 3.63) is 70.2 Å². The van der Waals surface area contributed by atoms with E-state index in [9.17, 15) is 13.2 Å². The fraction of sp³-hybridized carbons (Fsp3) is 0.333. The van der Waals surface area contributed by atoms with Crippen molar-refractivity contribution in [2.24, 2.45) is 0 Å². The van der Waals surface area contributed by atoms with Gasteiger partial charge in [0, 0.05) is 37.1 Å². The number of piperazine rings is 1. The summed E-state index contributed by atoms with van der Waals surface area (Å²) in [5.41, 5.74) is 5.00. The molecule has 168 valence electrons. The number of aromatic nitrogens is 1. The van der Waals surface area contributed by atoms with Crippen molar-refractivity contribution in [3.8, 4) is 10.6 Å². The molecule has 8 heteroatoms. The first-order chi connectivity index (χ1) is 15.2. The molecule has 2 aromatic carbocycles. The van der Waals surface area contributed by atoms with Crippen molar-refractivity contribution in [2.75, 3.05) is 26.2 Å². The van der Waals surface area contributed by atoms with Crippen LogP contribution in [0.15, 0.2) is 52.7 Å². The number of hydrogen-bond acceptors (Lipinski definition) is 5. The number of rotatable bonds is 5. The fourth-order valence-corrected chi connectivity index (χ4v) is 6.02. The molecule has 2 heterocycles. The molecule has 32 heavy (non-hydrogen) atoms. The van der Waals surface area contributed by atoms with Crippen LogP contribution in [0.1, 0.15) is 22.4 Å². The number of amides is 1. The molecule has 1 amide bonds. The monoisotopic (exact) mass is 469 g/mol. The molecule has 1 saturated heterocycles. The molecule has 1 aliphatic heterocycles. The Labute approximate surface area is 193 Å². The summed E-state index contributed by atoms with van der Waals surface area (Å²) >= 11 is 1.53. The van der Waals surface area contributed by atoms with Crippen molar-refractivity contribution in [1.29, 1.82) is 0 Å². The van der Waals surface area contributed by atoms with E-state index in [2.05, 4.69) is 4.98 Å². The number of carbonyl (C=O) groups is 1. The third-order valence-electron chi connectivity index (χ3n) is 5.89. The number of hydrogen-bond donors (Lipinski definition) is 0. The lowest BCUT2D eigenvalue weighted by molar-refractivity contribution is -0.131. The minimum absolute atomic E-state index is 0.0195. The molecular formula is C24H27N3O3S2. The van der Waals surface area contributed by atoms with Gasteiger partial charge in [0.2, 0.25) is 15.9 Å². The summed E-state index contributed by atoms with van der Waals surface area (Å²) in [6.45, 7) is 7.29. The zero-order valence-electron chi connectivity index (χ0n) is 18.5. The molecule has 1 aromatic heterocycles. The molecule has 0 spiro atoms. The Hall–Kier alpha value is -2.55. The Morgan fingerprint density at radius 3 is 2.31 bits per heavy atom. The molecule has 1 aliphatic rings. The van der Waals surface area contributed by atoms with Crippen LogP contribution in [0, 0.1) is 20.8 Å². The lowest BCUT2D eigenvalue weighted by Gasteiger charge is -2.34. The summed E-state index contributed by atoms with van der Waals surface area (Å²) in [5, 5.41) is 2.82. The van der Waals surface area contributed by atoms with Crippen LogP contribution in [-0.2, 0) is 21.2 Å². The largest absolute Gasteiger partial charge is 0.340 e. The van der Waals surface area contributed by atoms with E-state index in [1.807, 2.05) is 56.5 Å². The first-order valence-corrected chi connectivity index (χ1v) is 12.9. The molecule has 0 radical (unpaired) electrons. The van der Waals surface area contributed by atoms with Gasteiger partial charge >= 0.3 is 0 Å². The van der Waals surface area contributed by atoms with Gasteiger partial charge in [0.05, 0.1) is 17.0 Å². The van der Waals surface area contributed by atoms with E-state index in [4.69, 9.17) is 0 Å². The van der Waals surface area contributed by atoms with Gasteiger partial charge in [-0.2, -0.15) is 4.31 Å².